The first-order valence-electron chi connectivity index (χ1n) is 5.88. The van der Waals surface area contributed by atoms with Crippen LogP contribution >= 0.6 is 0 Å². The van der Waals surface area contributed by atoms with Gasteiger partial charge in [0.15, 0.2) is 0 Å². The standard InChI is InChI=1S/C14H20N2O2/c1-10(17)16(5)12-9-7-6-8-11(12)15-13(18)14(2,3)4/h6-9H,1-5H3,(H,15,18). The number of carbonyl (C=O) groups excluding carboxylic acids is 2. The summed E-state index contributed by atoms with van der Waals surface area (Å²) in [6, 6.07) is 7.26. The molecule has 0 bridgehead atoms. The maximum atomic E-state index is 12.0. The van der Waals surface area contributed by atoms with Gasteiger partial charge in [0.1, 0.15) is 0 Å². The molecule has 1 rings (SSSR count). The molecule has 0 aromatic heterocycles. The van der Waals surface area contributed by atoms with E-state index in [9.17, 15) is 9.59 Å². The zero-order valence-electron chi connectivity index (χ0n) is 11.6. The molecular weight excluding hydrogens is 228 g/mol. The predicted molar refractivity (Wildman–Crippen MR) is 73.6 cm³/mol. The fraction of sp³-hybridized carbons (Fsp3) is 0.429. The van der Waals surface area contributed by atoms with E-state index >= 15 is 0 Å². The van der Waals surface area contributed by atoms with Crippen LogP contribution in [-0.2, 0) is 9.59 Å². The maximum absolute atomic E-state index is 12.0. The summed E-state index contributed by atoms with van der Waals surface area (Å²) in [4.78, 5) is 24.9. The number of nitrogens with one attached hydrogen (secondary N) is 1. The van der Waals surface area contributed by atoms with Crippen LogP contribution in [0.5, 0.6) is 0 Å². The Labute approximate surface area is 108 Å². The van der Waals surface area contributed by atoms with E-state index in [4.69, 9.17) is 0 Å². The molecular formula is C14H20N2O2. The molecule has 4 nitrogen and oxygen atoms in total. The number of hydrogen-bond donors (Lipinski definition) is 1. The van der Waals surface area contributed by atoms with E-state index in [1.54, 1.807) is 19.2 Å². The van der Waals surface area contributed by atoms with E-state index in [-0.39, 0.29) is 11.8 Å². The van der Waals surface area contributed by atoms with Crippen molar-refractivity contribution in [2.75, 3.05) is 17.3 Å². The lowest BCUT2D eigenvalue weighted by atomic mass is 9.95. The van der Waals surface area contributed by atoms with Gasteiger partial charge in [-0.1, -0.05) is 32.9 Å². The van der Waals surface area contributed by atoms with Crippen LogP contribution in [0.15, 0.2) is 24.3 Å². The minimum atomic E-state index is -0.470. The van der Waals surface area contributed by atoms with Crippen molar-refractivity contribution >= 4 is 23.2 Å². The molecule has 0 unspecified atom stereocenters. The second kappa shape index (κ2) is 5.21. The van der Waals surface area contributed by atoms with Crippen LogP contribution in [0.3, 0.4) is 0 Å². The van der Waals surface area contributed by atoms with E-state index in [2.05, 4.69) is 5.32 Å². The second-order valence-electron chi connectivity index (χ2n) is 5.30. The highest BCUT2D eigenvalue weighted by Gasteiger charge is 2.22. The SMILES string of the molecule is CC(=O)N(C)c1ccccc1NC(=O)C(C)(C)C. The van der Waals surface area contributed by atoms with Crippen LogP contribution in [0, 0.1) is 5.41 Å². The quantitative estimate of drug-likeness (QED) is 0.874. The van der Waals surface area contributed by atoms with Gasteiger partial charge < -0.3 is 10.2 Å². The van der Waals surface area contributed by atoms with Crippen molar-refractivity contribution in [1.82, 2.24) is 0 Å². The number of rotatable bonds is 2. The van der Waals surface area contributed by atoms with Crippen LogP contribution in [0.4, 0.5) is 11.4 Å². The van der Waals surface area contributed by atoms with Crippen molar-refractivity contribution in [2.24, 2.45) is 5.41 Å². The van der Waals surface area contributed by atoms with E-state index in [0.29, 0.717) is 11.4 Å². The number of benzene rings is 1. The van der Waals surface area contributed by atoms with Gasteiger partial charge >= 0.3 is 0 Å². The summed E-state index contributed by atoms with van der Waals surface area (Å²) in [5.74, 6) is -0.153. The van der Waals surface area contributed by atoms with Crippen LogP contribution in [0.2, 0.25) is 0 Å². The van der Waals surface area contributed by atoms with Crippen molar-refractivity contribution < 1.29 is 9.59 Å². The Morgan fingerprint density at radius 2 is 1.72 bits per heavy atom. The molecule has 0 saturated carbocycles. The summed E-state index contributed by atoms with van der Waals surface area (Å²) in [6.07, 6.45) is 0. The summed E-state index contributed by atoms with van der Waals surface area (Å²) >= 11 is 0. The van der Waals surface area contributed by atoms with Crippen LogP contribution in [-0.4, -0.2) is 18.9 Å². The Bertz CT molecular complexity index is 461. The van der Waals surface area contributed by atoms with Gasteiger partial charge in [-0.15, -0.1) is 0 Å². The molecule has 1 N–H and O–H groups in total. The van der Waals surface area contributed by atoms with Gasteiger partial charge in [-0.05, 0) is 12.1 Å². The molecule has 98 valence electrons. The van der Waals surface area contributed by atoms with Crippen molar-refractivity contribution in [3.05, 3.63) is 24.3 Å². The molecule has 0 saturated heterocycles. The number of hydrogen-bond acceptors (Lipinski definition) is 2. The van der Waals surface area contributed by atoms with Crippen molar-refractivity contribution in [3.8, 4) is 0 Å². The highest BCUT2D eigenvalue weighted by Crippen LogP contribution is 2.26. The molecule has 18 heavy (non-hydrogen) atoms. The summed E-state index contributed by atoms with van der Waals surface area (Å²) < 4.78 is 0. The van der Waals surface area contributed by atoms with Gasteiger partial charge in [-0.3, -0.25) is 9.59 Å². The molecule has 0 radical (unpaired) electrons. The molecule has 0 heterocycles. The highest BCUT2D eigenvalue weighted by molar-refractivity contribution is 6.01. The van der Waals surface area contributed by atoms with E-state index in [0.717, 1.165) is 0 Å². The zero-order chi connectivity index (χ0) is 13.9. The lowest BCUT2D eigenvalue weighted by Crippen LogP contribution is -2.29. The van der Waals surface area contributed by atoms with E-state index in [1.807, 2.05) is 32.9 Å². The third-order valence-electron chi connectivity index (χ3n) is 2.67. The Morgan fingerprint density at radius 3 is 2.22 bits per heavy atom. The third-order valence-corrected chi connectivity index (χ3v) is 2.67. The second-order valence-corrected chi connectivity index (χ2v) is 5.30. The summed E-state index contributed by atoms with van der Waals surface area (Å²) in [6.45, 7) is 7.03. The number of carbonyl (C=O) groups is 2. The molecule has 0 aliphatic rings. The van der Waals surface area contributed by atoms with Crippen LogP contribution in [0.1, 0.15) is 27.7 Å². The van der Waals surface area contributed by atoms with Gasteiger partial charge in [0.05, 0.1) is 11.4 Å². The fourth-order valence-corrected chi connectivity index (χ4v) is 1.35. The zero-order valence-corrected chi connectivity index (χ0v) is 11.6. The van der Waals surface area contributed by atoms with Gasteiger partial charge in [-0.25, -0.2) is 0 Å². The summed E-state index contributed by atoms with van der Waals surface area (Å²) in [5, 5.41) is 2.85. The molecule has 4 heteroatoms. The highest BCUT2D eigenvalue weighted by atomic mass is 16.2. The average molecular weight is 248 g/mol. The van der Waals surface area contributed by atoms with Crippen LogP contribution < -0.4 is 10.2 Å². The molecule has 0 aliphatic heterocycles. The van der Waals surface area contributed by atoms with Crippen molar-refractivity contribution in [1.29, 1.82) is 0 Å². The lowest BCUT2D eigenvalue weighted by Gasteiger charge is -2.22. The molecule has 2 amide bonds. The molecule has 1 aromatic carbocycles. The Hall–Kier alpha value is -1.84. The first-order valence-corrected chi connectivity index (χ1v) is 5.88. The Morgan fingerprint density at radius 1 is 1.17 bits per heavy atom. The van der Waals surface area contributed by atoms with Gasteiger partial charge in [0.25, 0.3) is 0 Å². The molecule has 0 fully saturated rings. The normalized spacial score (nSPS) is 10.9. The van der Waals surface area contributed by atoms with E-state index < -0.39 is 5.41 Å². The molecule has 0 spiro atoms. The number of para-hydroxylation sites is 2. The van der Waals surface area contributed by atoms with Gasteiger partial charge in [-0.2, -0.15) is 0 Å². The topological polar surface area (TPSA) is 49.4 Å². The molecule has 0 atom stereocenters. The first kappa shape index (κ1) is 14.2. The monoisotopic (exact) mass is 248 g/mol. The number of anilines is 2. The van der Waals surface area contributed by atoms with Crippen LogP contribution in [0.25, 0.3) is 0 Å². The number of amides is 2. The fourth-order valence-electron chi connectivity index (χ4n) is 1.35. The summed E-state index contributed by atoms with van der Waals surface area (Å²) in [5.41, 5.74) is 0.875. The predicted octanol–water partition coefficient (Wildman–Crippen LogP) is 2.65. The maximum Gasteiger partial charge on any atom is 0.229 e. The van der Waals surface area contributed by atoms with Gasteiger partial charge in [0.2, 0.25) is 11.8 Å². The van der Waals surface area contributed by atoms with E-state index in [1.165, 1.54) is 11.8 Å². The minimum absolute atomic E-state index is 0.0764. The van der Waals surface area contributed by atoms with Gasteiger partial charge in [0, 0.05) is 19.4 Å². The number of nitrogens with zero attached hydrogens (tertiary/aromatic N) is 1. The Kier molecular flexibility index (Phi) is 4.11. The largest absolute Gasteiger partial charge is 0.324 e. The van der Waals surface area contributed by atoms with Crippen molar-refractivity contribution in [3.63, 3.8) is 0 Å². The average Bonchev–Trinajstić information content (AvgIpc) is 2.27. The summed E-state index contributed by atoms with van der Waals surface area (Å²) in [7, 11) is 1.68. The lowest BCUT2D eigenvalue weighted by molar-refractivity contribution is -0.123. The molecule has 0 aliphatic carbocycles. The Balaban J connectivity index is 3.04. The minimum Gasteiger partial charge on any atom is -0.324 e. The smallest absolute Gasteiger partial charge is 0.229 e. The van der Waals surface area contributed by atoms with Crippen molar-refractivity contribution in [2.45, 2.75) is 27.7 Å². The first-order chi connectivity index (χ1) is 8.23. The third kappa shape index (κ3) is 3.32. The molecule has 1 aromatic rings.